The van der Waals surface area contributed by atoms with Crippen LogP contribution in [0.5, 0.6) is 5.75 Å². The highest BCUT2D eigenvalue weighted by molar-refractivity contribution is 7.20. The van der Waals surface area contributed by atoms with E-state index < -0.39 is 18.5 Å². The van der Waals surface area contributed by atoms with Crippen molar-refractivity contribution in [2.24, 2.45) is 0 Å². The van der Waals surface area contributed by atoms with E-state index in [4.69, 9.17) is 21.1 Å². The second-order valence-electron chi connectivity index (χ2n) is 6.83. The minimum absolute atomic E-state index is 0.379. The van der Waals surface area contributed by atoms with Crippen molar-refractivity contribution in [3.63, 3.8) is 0 Å². The van der Waals surface area contributed by atoms with Gasteiger partial charge in [0, 0.05) is 5.39 Å². The number of ether oxygens (including phenoxy) is 2. The lowest BCUT2D eigenvalue weighted by Crippen LogP contribution is -2.21. The van der Waals surface area contributed by atoms with Crippen molar-refractivity contribution in [3.05, 3.63) is 70.2 Å². The van der Waals surface area contributed by atoms with Gasteiger partial charge in [-0.1, -0.05) is 35.9 Å². The summed E-state index contributed by atoms with van der Waals surface area (Å²) in [5, 5.41) is 8.63. The summed E-state index contributed by atoms with van der Waals surface area (Å²) in [4.78, 5) is 26.0. The lowest BCUT2D eigenvalue weighted by Gasteiger charge is -2.11. The van der Waals surface area contributed by atoms with E-state index >= 15 is 0 Å². The molecule has 1 N–H and O–H groups in total. The van der Waals surface area contributed by atoms with Crippen molar-refractivity contribution < 1.29 is 19.1 Å². The van der Waals surface area contributed by atoms with Crippen LogP contribution in [0.3, 0.4) is 0 Å². The molecule has 2 aromatic carbocycles. The number of para-hydroxylation sites is 3. The number of aromatic nitrogens is 2. The number of carbonyl (C=O) groups is 2. The van der Waals surface area contributed by atoms with Gasteiger partial charge in [-0.2, -0.15) is 5.10 Å². The molecular weight excluding hydrogens is 450 g/mol. The first-order valence-corrected chi connectivity index (χ1v) is 11.1. The van der Waals surface area contributed by atoms with Crippen molar-refractivity contribution in [2.75, 3.05) is 18.5 Å². The van der Waals surface area contributed by atoms with Crippen LogP contribution in [0.15, 0.2) is 54.6 Å². The molecule has 0 spiro atoms. The molecule has 4 rings (SSSR count). The lowest BCUT2D eigenvalue weighted by molar-refractivity contribution is -0.119. The summed E-state index contributed by atoms with van der Waals surface area (Å²) >= 11 is 7.56. The zero-order valence-corrected chi connectivity index (χ0v) is 19.0. The van der Waals surface area contributed by atoms with Gasteiger partial charge in [0.2, 0.25) is 0 Å². The summed E-state index contributed by atoms with van der Waals surface area (Å²) in [5.74, 6) is -0.478. The van der Waals surface area contributed by atoms with Crippen molar-refractivity contribution in [3.8, 4) is 11.4 Å². The normalized spacial score (nSPS) is 10.8. The fraction of sp³-hybridized carbons (Fsp3) is 0.174. The van der Waals surface area contributed by atoms with Crippen molar-refractivity contribution in [1.29, 1.82) is 0 Å². The monoisotopic (exact) mass is 469 g/mol. The number of rotatable bonds is 7. The van der Waals surface area contributed by atoms with E-state index in [0.29, 0.717) is 27.9 Å². The predicted molar refractivity (Wildman–Crippen MR) is 125 cm³/mol. The van der Waals surface area contributed by atoms with E-state index in [0.717, 1.165) is 21.6 Å². The molecule has 4 aromatic rings. The quantitative estimate of drug-likeness (QED) is 0.374. The second kappa shape index (κ2) is 9.42. The number of aryl methyl sites for hydroxylation is 1. The van der Waals surface area contributed by atoms with Crippen LogP contribution in [0, 0.1) is 6.92 Å². The molecular formula is C23H20ClN3O4S. The number of hydrogen-bond acceptors (Lipinski definition) is 6. The first-order valence-electron chi connectivity index (χ1n) is 9.90. The van der Waals surface area contributed by atoms with Crippen LogP contribution >= 0.6 is 22.9 Å². The summed E-state index contributed by atoms with van der Waals surface area (Å²) in [7, 11) is 0. The molecule has 0 aliphatic heterocycles. The number of carbonyl (C=O) groups excluding carboxylic acids is 2. The highest BCUT2D eigenvalue weighted by atomic mass is 35.5. The summed E-state index contributed by atoms with van der Waals surface area (Å²) in [6.45, 7) is 3.78. The standard InChI is InChI=1S/C23H20ClN3O4S/c1-3-30-19-11-7-5-9-17(19)25-21(28)13-31-23(29)20-12-15-14(2)26-27(22(15)32-20)18-10-6-4-8-16(18)24/h4-12H,3,13H2,1-2H3,(H,25,28). The van der Waals surface area contributed by atoms with Gasteiger partial charge in [-0.05, 0) is 44.2 Å². The van der Waals surface area contributed by atoms with Gasteiger partial charge in [-0.25, -0.2) is 9.48 Å². The number of anilines is 1. The largest absolute Gasteiger partial charge is 0.492 e. The topological polar surface area (TPSA) is 82.4 Å². The van der Waals surface area contributed by atoms with Gasteiger partial charge in [0.25, 0.3) is 5.91 Å². The number of fused-ring (bicyclic) bond motifs is 1. The first kappa shape index (κ1) is 21.9. The Kier molecular flexibility index (Phi) is 6.43. The van der Waals surface area contributed by atoms with E-state index in [9.17, 15) is 9.59 Å². The Morgan fingerprint density at radius 3 is 2.69 bits per heavy atom. The third kappa shape index (κ3) is 4.46. The average molecular weight is 470 g/mol. The van der Waals surface area contributed by atoms with Crippen LogP contribution in [-0.2, 0) is 9.53 Å². The third-order valence-electron chi connectivity index (χ3n) is 4.62. The molecule has 0 fully saturated rings. The number of hydrogen-bond donors (Lipinski definition) is 1. The van der Waals surface area contributed by atoms with E-state index in [-0.39, 0.29) is 0 Å². The van der Waals surface area contributed by atoms with Gasteiger partial charge in [0.1, 0.15) is 15.5 Å². The summed E-state index contributed by atoms with van der Waals surface area (Å²) in [6.07, 6.45) is 0. The van der Waals surface area contributed by atoms with Crippen LogP contribution in [0.2, 0.25) is 5.02 Å². The fourth-order valence-corrected chi connectivity index (χ4v) is 4.46. The Morgan fingerprint density at radius 1 is 1.16 bits per heavy atom. The Labute approximate surface area is 193 Å². The summed E-state index contributed by atoms with van der Waals surface area (Å²) in [6, 6.07) is 16.2. The molecule has 2 heterocycles. The van der Waals surface area contributed by atoms with E-state index in [1.165, 1.54) is 11.3 Å². The number of amides is 1. The number of nitrogens with one attached hydrogen (secondary N) is 1. The average Bonchev–Trinajstić information content (AvgIpc) is 3.35. The van der Waals surface area contributed by atoms with Gasteiger partial charge in [-0.15, -0.1) is 11.3 Å². The number of halogens is 1. The zero-order valence-electron chi connectivity index (χ0n) is 17.4. The smallest absolute Gasteiger partial charge is 0.348 e. The Bertz CT molecular complexity index is 1300. The number of thiophene rings is 1. The molecule has 32 heavy (non-hydrogen) atoms. The molecule has 0 unspecified atom stereocenters. The van der Waals surface area contributed by atoms with E-state index in [2.05, 4.69) is 10.4 Å². The molecule has 0 atom stereocenters. The van der Waals surface area contributed by atoms with Gasteiger partial charge in [-0.3, -0.25) is 4.79 Å². The van der Waals surface area contributed by atoms with Gasteiger partial charge in [0.15, 0.2) is 6.61 Å². The van der Waals surface area contributed by atoms with Crippen LogP contribution in [0.25, 0.3) is 15.9 Å². The van der Waals surface area contributed by atoms with Crippen molar-refractivity contribution in [2.45, 2.75) is 13.8 Å². The van der Waals surface area contributed by atoms with Crippen molar-refractivity contribution >= 4 is 50.7 Å². The molecule has 0 bridgehead atoms. The van der Waals surface area contributed by atoms with Crippen LogP contribution < -0.4 is 10.1 Å². The molecule has 7 nitrogen and oxygen atoms in total. The maximum atomic E-state index is 12.6. The summed E-state index contributed by atoms with van der Waals surface area (Å²) < 4.78 is 12.4. The number of esters is 1. The highest BCUT2D eigenvalue weighted by Gasteiger charge is 2.20. The number of benzene rings is 2. The van der Waals surface area contributed by atoms with Gasteiger partial charge in [0.05, 0.1) is 28.7 Å². The van der Waals surface area contributed by atoms with Crippen molar-refractivity contribution in [1.82, 2.24) is 9.78 Å². The molecule has 0 radical (unpaired) electrons. The number of nitrogens with zero attached hydrogens (tertiary/aromatic N) is 2. The zero-order chi connectivity index (χ0) is 22.7. The van der Waals surface area contributed by atoms with Gasteiger partial charge < -0.3 is 14.8 Å². The minimum atomic E-state index is -0.579. The minimum Gasteiger partial charge on any atom is -0.492 e. The summed E-state index contributed by atoms with van der Waals surface area (Å²) in [5.41, 5.74) is 2.01. The Hall–Kier alpha value is -3.36. The fourth-order valence-electron chi connectivity index (χ4n) is 3.17. The van der Waals surface area contributed by atoms with E-state index in [1.807, 2.05) is 38.1 Å². The molecule has 0 saturated heterocycles. The van der Waals surface area contributed by atoms with Crippen LogP contribution in [-0.4, -0.2) is 34.9 Å². The Morgan fingerprint density at radius 2 is 1.91 bits per heavy atom. The van der Waals surface area contributed by atoms with Crippen LogP contribution in [0.1, 0.15) is 22.3 Å². The van der Waals surface area contributed by atoms with Crippen LogP contribution in [0.4, 0.5) is 5.69 Å². The third-order valence-corrected chi connectivity index (χ3v) is 6.03. The lowest BCUT2D eigenvalue weighted by atomic mass is 10.3. The maximum absolute atomic E-state index is 12.6. The molecule has 9 heteroatoms. The highest BCUT2D eigenvalue weighted by Crippen LogP contribution is 2.32. The molecule has 2 aromatic heterocycles. The van der Waals surface area contributed by atoms with Gasteiger partial charge >= 0.3 is 5.97 Å². The molecule has 0 aliphatic carbocycles. The molecule has 0 aliphatic rings. The Balaban J connectivity index is 1.47. The molecule has 1 amide bonds. The first-order chi connectivity index (χ1) is 15.5. The molecule has 164 valence electrons. The SMILES string of the molecule is CCOc1ccccc1NC(=O)COC(=O)c1cc2c(C)nn(-c3ccccc3Cl)c2s1. The second-order valence-corrected chi connectivity index (χ2v) is 8.27. The van der Waals surface area contributed by atoms with E-state index in [1.54, 1.807) is 35.0 Å². The predicted octanol–water partition coefficient (Wildman–Crippen LogP) is 5.24. The maximum Gasteiger partial charge on any atom is 0.348 e. The molecule has 0 saturated carbocycles.